The number of aliphatic hydroxyl groups is 1. The largest absolute Gasteiger partial charge is 0.463 e. The van der Waals surface area contributed by atoms with Crippen molar-refractivity contribution in [3.8, 4) is 5.75 Å². The Bertz CT molecular complexity index is 1120. The van der Waals surface area contributed by atoms with Crippen LogP contribution in [0.3, 0.4) is 0 Å². The number of amides is 1. The zero-order chi connectivity index (χ0) is 31.8. The average Bonchev–Trinajstić information content (AvgIpc) is 2.86. The minimum absolute atomic E-state index is 0.0740. The number of esters is 4. The lowest BCUT2D eigenvalue weighted by Crippen LogP contribution is -2.68. The van der Waals surface area contributed by atoms with E-state index in [1.165, 1.54) is 0 Å². The van der Waals surface area contributed by atoms with Crippen molar-refractivity contribution in [3.63, 3.8) is 0 Å². The first kappa shape index (κ1) is 34.5. The molecule has 1 aliphatic heterocycles. The van der Waals surface area contributed by atoms with Crippen LogP contribution in [0.5, 0.6) is 5.75 Å². The lowest BCUT2D eigenvalue weighted by atomic mass is 9.89. The van der Waals surface area contributed by atoms with Crippen molar-refractivity contribution < 1.29 is 57.5 Å². The van der Waals surface area contributed by atoms with Crippen LogP contribution in [0.4, 0.5) is 4.79 Å². The molecule has 0 unspecified atom stereocenters. The van der Waals surface area contributed by atoms with E-state index in [2.05, 4.69) is 5.32 Å². The summed E-state index contributed by atoms with van der Waals surface area (Å²) < 4.78 is 32.5. The molecule has 0 radical (unpaired) electrons. The number of nitrogens with one attached hydrogen (secondary N) is 1. The first-order valence-electron chi connectivity index (χ1n) is 13.7. The van der Waals surface area contributed by atoms with Crippen molar-refractivity contribution in [1.29, 1.82) is 0 Å². The van der Waals surface area contributed by atoms with Crippen molar-refractivity contribution in [2.75, 3.05) is 13.2 Å². The Labute approximate surface area is 245 Å². The van der Waals surface area contributed by atoms with E-state index >= 15 is 0 Å². The van der Waals surface area contributed by atoms with Crippen LogP contribution >= 0.6 is 0 Å². The fraction of sp³-hybridized carbons (Fsp3) is 0.621. The molecule has 1 aromatic carbocycles. The fourth-order valence-electron chi connectivity index (χ4n) is 4.63. The SMILES string of the molecule is CC(=O)OC[C@H]1O[C@](O)(CCNC(=O)Oc2c(C(C)C)cccc2C(C)C)[C@H](OC(C)=O)[C@@H](OC(C)=O)[C@@H]1OC(C)=O. The minimum Gasteiger partial charge on any atom is -0.463 e. The highest BCUT2D eigenvalue weighted by Crippen LogP contribution is 2.37. The van der Waals surface area contributed by atoms with E-state index in [1.54, 1.807) is 0 Å². The smallest absolute Gasteiger partial charge is 0.412 e. The van der Waals surface area contributed by atoms with E-state index in [0.717, 1.165) is 38.8 Å². The molecule has 1 saturated heterocycles. The number of benzene rings is 1. The molecule has 13 nitrogen and oxygen atoms in total. The summed E-state index contributed by atoms with van der Waals surface area (Å²) in [7, 11) is 0. The first-order valence-corrected chi connectivity index (χ1v) is 13.7. The number of carbonyl (C=O) groups is 5. The van der Waals surface area contributed by atoms with Crippen molar-refractivity contribution in [2.45, 2.75) is 104 Å². The van der Waals surface area contributed by atoms with Crippen molar-refractivity contribution in [2.24, 2.45) is 0 Å². The predicted molar refractivity (Wildman–Crippen MR) is 146 cm³/mol. The van der Waals surface area contributed by atoms with Gasteiger partial charge >= 0.3 is 30.0 Å². The van der Waals surface area contributed by atoms with Crippen LogP contribution in [-0.2, 0) is 42.9 Å². The summed E-state index contributed by atoms with van der Waals surface area (Å²) >= 11 is 0. The molecule has 1 aromatic rings. The molecule has 1 aliphatic rings. The van der Waals surface area contributed by atoms with E-state index in [4.69, 9.17) is 28.4 Å². The molecule has 13 heteroatoms. The summed E-state index contributed by atoms with van der Waals surface area (Å²) in [5, 5.41) is 14.2. The van der Waals surface area contributed by atoms with Crippen LogP contribution in [0.2, 0.25) is 0 Å². The number of para-hydroxylation sites is 1. The van der Waals surface area contributed by atoms with Crippen LogP contribution in [0.15, 0.2) is 18.2 Å². The quantitative estimate of drug-likeness (QED) is 0.283. The Morgan fingerprint density at radius 2 is 1.38 bits per heavy atom. The third kappa shape index (κ3) is 9.41. The van der Waals surface area contributed by atoms with Gasteiger partial charge in [-0.15, -0.1) is 0 Å². The molecule has 234 valence electrons. The molecule has 1 amide bonds. The van der Waals surface area contributed by atoms with Gasteiger partial charge in [0.1, 0.15) is 18.5 Å². The lowest BCUT2D eigenvalue weighted by molar-refractivity contribution is -0.353. The predicted octanol–water partition coefficient (Wildman–Crippen LogP) is 2.86. The summed E-state index contributed by atoms with van der Waals surface area (Å²) in [6.45, 7) is 11.5. The fourth-order valence-corrected chi connectivity index (χ4v) is 4.63. The Balaban J connectivity index is 2.34. The molecule has 1 heterocycles. The van der Waals surface area contributed by atoms with Gasteiger partial charge in [-0.05, 0) is 23.0 Å². The van der Waals surface area contributed by atoms with Gasteiger partial charge in [0, 0.05) is 40.7 Å². The molecule has 42 heavy (non-hydrogen) atoms. The number of hydrogen-bond acceptors (Lipinski definition) is 12. The van der Waals surface area contributed by atoms with Crippen LogP contribution in [0, 0.1) is 0 Å². The van der Waals surface area contributed by atoms with Crippen LogP contribution in [-0.4, -0.2) is 78.4 Å². The topological polar surface area (TPSA) is 173 Å². The van der Waals surface area contributed by atoms with Gasteiger partial charge in [-0.2, -0.15) is 0 Å². The zero-order valence-electron chi connectivity index (χ0n) is 25.3. The highest BCUT2D eigenvalue weighted by atomic mass is 16.7. The Kier molecular flexibility index (Phi) is 12.3. The first-order chi connectivity index (χ1) is 19.6. The Hall–Kier alpha value is -3.71. The second-order valence-electron chi connectivity index (χ2n) is 10.6. The molecule has 5 atom stereocenters. The maximum Gasteiger partial charge on any atom is 0.412 e. The van der Waals surface area contributed by atoms with E-state index in [1.807, 2.05) is 45.9 Å². The summed E-state index contributed by atoms with van der Waals surface area (Å²) in [4.78, 5) is 60.3. The van der Waals surface area contributed by atoms with Gasteiger partial charge in [0.25, 0.3) is 0 Å². The molecular formula is C29H41NO12. The molecule has 0 bridgehead atoms. The Morgan fingerprint density at radius 3 is 1.86 bits per heavy atom. The summed E-state index contributed by atoms with van der Waals surface area (Å²) in [5.74, 6) is -5.00. The summed E-state index contributed by atoms with van der Waals surface area (Å²) in [6, 6.07) is 5.65. The lowest BCUT2D eigenvalue weighted by Gasteiger charge is -2.48. The molecule has 2 N–H and O–H groups in total. The zero-order valence-corrected chi connectivity index (χ0v) is 25.3. The second kappa shape index (κ2) is 15.0. The van der Waals surface area contributed by atoms with Crippen LogP contribution < -0.4 is 10.1 Å². The van der Waals surface area contributed by atoms with Gasteiger partial charge in [-0.25, -0.2) is 4.79 Å². The van der Waals surface area contributed by atoms with E-state index < -0.39 is 73.2 Å². The van der Waals surface area contributed by atoms with Gasteiger partial charge in [0.05, 0.1) is 0 Å². The minimum atomic E-state index is -2.39. The molecule has 2 rings (SSSR count). The van der Waals surface area contributed by atoms with Gasteiger partial charge < -0.3 is 38.8 Å². The molecule has 0 spiro atoms. The molecular weight excluding hydrogens is 554 g/mol. The van der Waals surface area contributed by atoms with Crippen molar-refractivity contribution in [1.82, 2.24) is 5.32 Å². The Morgan fingerprint density at radius 1 is 0.857 bits per heavy atom. The number of carbonyl (C=O) groups excluding carboxylic acids is 5. The van der Waals surface area contributed by atoms with E-state index in [-0.39, 0.29) is 18.4 Å². The maximum atomic E-state index is 12.9. The second-order valence-corrected chi connectivity index (χ2v) is 10.6. The summed E-state index contributed by atoms with van der Waals surface area (Å²) in [5.41, 5.74) is 1.68. The standard InChI is InChI=1S/C29H41NO12/c1-15(2)21-10-9-11-22(16(3)4)24(21)41-28(35)30-13-12-29(36)27(40-20(8)34)26(39-19(7)33)25(38-18(6)32)23(42-29)14-37-17(5)31/h9-11,15-16,23,25-27,36H,12-14H2,1-8H3,(H,30,35)/t23-,25-,26+,27-,29-/m1/s1. The van der Waals surface area contributed by atoms with E-state index in [9.17, 15) is 29.1 Å². The number of ether oxygens (including phenoxy) is 6. The normalized spacial score (nSPS) is 23.6. The molecule has 0 aliphatic carbocycles. The molecule has 1 fully saturated rings. The highest BCUT2D eigenvalue weighted by Gasteiger charge is 2.59. The van der Waals surface area contributed by atoms with Crippen molar-refractivity contribution in [3.05, 3.63) is 29.3 Å². The average molecular weight is 596 g/mol. The molecule has 0 aromatic heterocycles. The van der Waals surface area contributed by atoms with E-state index in [0.29, 0.717) is 5.75 Å². The summed E-state index contributed by atoms with van der Waals surface area (Å²) in [6.07, 6.45) is -7.20. The number of rotatable bonds is 11. The van der Waals surface area contributed by atoms with Crippen LogP contribution in [0.1, 0.15) is 84.8 Å². The van der Waals surface area contributed by atoms with Gasteiger partial charge in [0.2, 0.25) is 5.79 Å². The number of hydrogen-bond donors (Lipinski definition) is 2. The van der Waals surface area contributed by atoms with Crippen molar-refractivity contribution >= 4 is 30.0 Å². The van der Waals surface area contributed by atoms with Gasteiger partial charge in [-0.3, -0.25) is 19.2 Å². The maximum absolute atomic E-state index is 12.9. The third-order valence-corrected chi connectivity index (χ3v) is 6.40. The van der Waals surface area contributed by atoms with Crippen LogP contribution in [0.25, 0.3) is 0 Å². The molecule has 0 saturated carbocycles. The third-order valence-electron chi connectivity index (χ3n) is 6.40. The van der Waals surface area contributed by atoms with Gasteiger partial charge in [0.15, 0.2) is 18.3 Å². The van der Waals surface area contributed by atoms with Gasteiger partial charge in [-0.1, -0.05) is 45.9 Å². The monoisotopic (exact) mass is 595 g/mol. The highest BCUT2D eigenvalue weighted by molar-refractivity contribution is 5.72.